The second kappa shape index (κ2) is 7.72. The van der Waals surface area contributed by atoms with Crippen molar-refractivity contribution >= 4 is 11.8 Å². The van der Waals surface area contributed by atoms with Crippen molar-refractivity contribution in [3.63, 3.8) is 0 Å². The topological polar surface area (TPSA) is 43.4 Å². The molecule has 1 aliphatic carbocycles. The Hall–Kier alpha value is -1.64. The van der Waals surface area contributed by atoms with E-state index in [0.717, 1.165) is 12.8 Å². The molecule has 0 N–H and O–H groups in total. The first kappa shape index (κ1) is 15.4. The van der Waals surface area contributed by atoms with E-state index in [0.29, 0.717) is 5.92 Å². The number of rotatable bonds is 5. The third kappa shape index (κ3) is 6.75. The maximum absolute atomic E-state index is 11.6. The Kier molecular flexibility index (Phi) is 6.26. The summed E-state index contributed by atoms with van der Waals surface area (Å²) < 4.78 is 5.13. The van der Waals surface area contributed by atoms with Gasteiger partial charge in [0, 0.05) is 6.08 Å². The first-order valence-corrected chi connectivity index (χ1v) is 6.74. The van der Waals surface area contributed by atoms with Crippen molar-refractivity contribution in [1.29, 1.82) is 0 Å². The van der Waals surface area contributed by atoms with Gasteiger partial charge in [-0.15, -0.1) is 0 Å². The zero-order valence-electron chi connectivity index (χ0n) is 11.9. The van der Waals surface area contributed by atoms with Gasteiger partial charge in [0.25, 0.3) is 0 Å². The molecule has 104 valence electrons. The summed E-state index contributed by atoms with van der Waals surface area (Å²) in [6.07, 6.45) is 11.4. The molecule has 0 amide bonds. The number of esters is 1. The maximum Gasteiger partial charge on any atom is 0.331 e. The molecule has 0 radical (unpaired) electrons. The molecule has 0 fully saturated rings. The summed E-state index contributed by atoms with van der Waals surface area (Å²) in [5, 5.41) is 0. The van der Waals surface area contributed by atoms with Crippen molar-refractivity contribution in [2.24, 2.45) is 5.92 Å². The van der Waals surface area contributed by atoms with E-state index in [1.807, 2.05) is 6.08 Å². The largest absolute Gasteiger partial charge is 0.455 e. The standard InChI is InChI=1S/C16H22O3/c1-12-5-4-6-15(11-12)9-10-16(18)19-14(3)8-7-13(2)17/h6-10,12,14H,4-5,11H2,1-3H3/b8-7?,10-9+/t12-,14-/m1/s1. The lowest BCUT2D eigenvalue weighted by Crippen LogP contribution is -2.10. The summed E-state index contributed by atoms with van der Waals surface area (Å²) in [5.41, 5.74) is 1.20. The van der Waals surface area contributed by atoms with Crippen LogP contribution in [0.4, 0.5) is 0 Å². The fraction of sp³-hybridized carbons (Fsp3) is 0.500. The van der Waals surface area contributed by atoms with Crippen molar-refractivity contribution in [1.82, 2.24) is 0 Å². The van der Waals surface area contributed by atoms with Crippen molar-refractivity contribution in [2.75, 3.05) is 0 Å². The lowest BCUT2D eigenvalue weighted by molar-refractivity contribution is -0.140. The highest BCUT2D eigenvalue weighted by atomic mass is 16.5. The SMILES string of the molecule is CC(=O)C=C[C@@H](C)OC(=O)/C=C/C1=CCC[C@@H](C)C1. The van der Waals surface area contributed by atoms with Gasteiger partial charge in [0.1, 0.15) is 6.10 Å². The predicted octanol–water partition coefficient (Wildman–Crippen LogP) is 3.37. The molecule has 0 aromatic heterocycles. The molecule has 0 unspecified atom stereocenters. The second-order valence-corrected chi connectivity index (χ2v) is 5.11. The van der Waals surface area contributed by atoms with Crippen molar-refractivity contribution in [3.8, 4) is 0 Å². The molecule has 0 spiro atoms. The van der Waals surface area contributed by atoms with Gasteiger partial charge in [-0.2, -0.15) is 0 Å². The van der Waals surface area contributed by atoms with E-state index in [2.05, 4.69) is 13.0 Å². The van der Waals surface area contributed by atoms with E-state index in [4.69, 9.17) is 4.74 Å². The normalized spacial score (nSPS) is 21.4. The van der Waals surface area contributed by atoms with Crippen LogP contribution in [0.25, 0.3) is 0 Å². The van der Waals surface area contributed by atoms with Crippen LogP contribution in [-0.2, 0) is 14.3 Å². The number of hydrogen-bond acceptors (Lipinski definition) is 3. The molecule has 19 heavy (non-hydrogen) atoms. The fourth-order valence-electron chi connectivity index (χ4n) is 1.98. The van der Waals surface area contributed by atoms with E-state index in [9.17, 15) is 9.59 Å². The Morgan fingerprint density at radius 1 is 1.42 bits per heavy atom. The van der Waals surface area contributed by atoms with Gasteiger partial charge in [0.05, 0.1) is 0 Å². The van der Waals surface area contributed by atoms with Gasteiger partial charge < -0.3 is 4.74 Å². The predicted molar refractivity (Wildman–Crippen MR) is 75.6 cm³/mol. The van der Waals surface area contributed by atoms with Gasteiger partial charge in [0.2, 0.25) is 0 Å². The second-order valence-electron chi connectivity index (χ2n) is 5.11. The van der Waals surface area contributed by atoms with Crippen molar-refractivity contribution in [3.05, 3.63) is 36.0 Å². The first-order chi connectivity index (χ1) is 8.97. The molecule has 1 aliphatic rings. The van der Waals surface area contributed by atoms with E-state index in [1.54, 1.807) is 13.0 Å². The van der Waals surface area contributed by atoms with Gasteiger partial charge >= 0.3 is 5.97 Å². The van der Waals surface area contributed by atoms with Crippen molar-refractivity contribution < 1.29 is 14.3 Å². The highest BCUT2D eigenvalue weighted by molar-refractivity contribution is 5.87. The summed E-state index contributed by atoms with van der Waals surface area (Å²) in [6.45, 7) is 5.41. The van der Waals surface area contributed by atoms with Crippen LogP contribution in [-0.4, -0.2) is 17.9 Å². The third-order valence-electron chi connectivity index (χ3n) is 2.99. The molecule has 0 heterocycles. The van der Waals surface area contributed by atoms with E-state index in [-0.39, 0.29) is 17.9 Å². The number of carbonyl (C=O) groups excluding carboxylic acids is 2. The van der Waals surface area contributed by atoms with Gasteiger partial charge in [-0.05, 0) is 51.2 Å². The maximum atomic E-state index is 11.6. The van der Waals surface area contributed by atoms with Crippen LogP contribution in [0.2, 0.25) is 0 Å². The number of carbonyl (C=O) groups is 2. The quantitative estimate of drug-likeness (QED) is 0.563. The Balaban J connectivity index is 2.42. The number of ketones is 1. The van der Waals surface area contributed by atoms with Gasteiger partial charge in [-0.25, -0.2) is 4.79 Å². The summed E-state index contributed by atoms with van der Waals surface area (Å²) in [5.74, 6) is 0.248. The minimum atomic E-state index is -0.389. The third-order valence-corrected chi connectivity index (χ3v) is 2.99. The molecule has 0 saturated carbocycles. The summed E-state index contributed by atoms with van der Waals surface area (Å²) >= 11 is 0. The summed E-state index contributed by atoms with van der Waals surface area (Å²) in [7, 11) is 0. The van der Waals surface area contributed by atoms with Crippen LogP contribution in [0.1, 0.15) is 40.0 Å². The van der Waals surface area contributed by atoms with Gasteiger partial charge in [-0.3, -0.25) is 4.79 Å². The van der Waals surface area contributed by atoms with E-state index >= 15 is 0 Å². The summed E-state index contributed by atoms with van der Waals surface area (Å²) in [4.78, 5) is 22.3. The monoisotopic (exact) mass is 262 g/mol. The Labute approximate surface area is 115 Å². The van der Waals surface area contributed by atoms with Crippen LogP contribution in [0.15, 0.2) is 36.0 Å². The zero-order valence-corrected chi connectivity index (χ0v) is 11.9. The molecule has 0 bridgehead atoms. The van der Waals surface area contributed by atoms with Crippen LogP contribution in [0.5, 0.6) is 0 Å². The lowest BCUT2D eigenvalue weighted by atomic mass is 9.90. The van der Waals surface area contributed by atoms with Gasteiger partial charge in [0.15, 0.2) is 5.78 Å². The molecule has 3 heteroatoms. The number of hydrogen-bond donors (Lipinski definition) is 0. The minimum Gasteiger partial charge on any atom is -0.455 e. The van der Waals surface area contributed by atoms with E-state index < -0.39 is 0 Å². The minimum absolute atomic E-state index is 0.0558. The average Bonchev–Trinajstić information content (AvgIpc) is 2.34. The molecule has 2 atom stereocenters. The molecule has 3 nitrogen and oxygen atoms in total. The van der Waals surface area contributed by atoms with Crippen LogP contribution in [0.3, 0.4) is 0 Å². The average molecular weight is 262 g/mol. The van der Waals surface area contributed by atoms with Crippen LogP contribution in [0, 0.1) is 5.92 Å². The molecule has 1 rings (SSSR count). The lowest BCUT2D eigenvalue weighted by Gasteiger charge is -2.16. The smallest absolute Gasteiger partial charge is 0.331 e. The molecule has 0 aromatic carbocycles. The van der Waals surface area contributed by atoms with Crippen molar-refractivity contribution in [2.45, 2.75) is 46.1 Å². The molecule has 0 saturated heterocycles. The molecular weight excluding hydrogens is 240 g/mol. The zero-order chi connectivity index (χ0) is 14.3. The van der Waals surface area contributed by atoms with Crippen LogP contribution < -0.4 is 0 Å². The number of allylic oxidation sites excluding steroid dienone is 4. The molecule has 0 aliphatic heterocycles. The Bertz CT molecular complexity index is 416. The Morgan fingerprint density at radius 2 is 2.16 bits per heavy atom. The van der Waals surface area contributed by atoms with E-state index in [1.165, 1.54) is 31.1 Å². The molecule has 0 aromatic rings. The van der Waals surface area contributed by atoms with Gasteiger partial charge in [-0.1, -0.05) is 24.6 Å². The summed E-state index contributed by atoms with van der Waals surface area (Å²) in [6, 6.07) is 0. The number of ether oxygens (including phenoxy) is 1. The highest BCUT2D eigenvalue weighted by Gasteiger charge is 2.09. The Morgan fingerprint density at radius 3 is 2.79 bits per heavy atom. The molecular formula is C16H22O3. The highest BCUT2D eigenvalue weighted by Crippen LogP contribution is 2.23. The fourth-order valence-corrected chi connectivity index (χ4v) is 1.98. The van der Waals surface area contributed by atoms with Crippen LogP contribution >= 0.6 is 0 Å². The first-order valence-electron chi connectivity index (χ1n) is 6.74.